The van der Waals surface area contributed by atoms with E-state index in [4.69, 9.17) is 39.8 Å². The summed E-state index contributed by atoms with van der Waals surface area (Å²) in [5, 5.41) is 16.0. The molecule has 3 aromatic carbocycles. The molecule has 2 aromatic heterocycles. The molecule has 0 atom stereocenters. The number of halogens is 2. The first-order chi connectivity index (χ1) is 18.2. The number of benzene rings is 3. The van der Waals surface area contributed by atoms with Crippen LogP contribution in [0.4, 0.5) is 5.69 Å². The second kappa shape index (κ2) is 10.6. The van der Waals surface area contributed by atoms with Gasteiger partial charge in [0, 0.05) is 21.3 Å². The fraction of sp³-hybridized carbons (Fsp3) is 0.143. The van der Waals surface area contributed by atoms with Crippen LogP contribution in [-0.4, -0.2) is 26.0 Å². The number of fused-ring (bicyclic) bond motifs is 1. The topological polar surface area (TPSA) is 85.0 Å². The van der Waals surface area contributed by atoms with E-state index in [1.54, 1.807) is 35.1 Å². The quantitative estimate of drug-likeness (QED) is 0.215. The standard InChI is InChI=1S/C28H23Cl2N5O2S/c1-15(2)17-4-6-21(7-5-17)35-33-23-10-16(3)22(14-24(23)34-35)31-28(38)32-27(36)26-9-8-25(37-26)18-11-19(29)13-20(30)12-18/h4-15H,1-3H3,(H2,31,32,36,38). The van der Waals surface area contributed by atoms with Gasteiger partial charge in [-0.1, -0.05) is 49.2 Å². The van der Waals surface area contributed by atoms with Crippen LogP contribution in [0.5, 0.6) is 0 Å². The van der Waals surface area contributed by atoms with Crippen LogP contribution in [0.2, 0.25) is 10.0 Å². The molecule has 0 saturated carbocycles. The number of aromatic nitrogens is 3. The van der Waals surface area contributed by atoms with Crippen molar-refractivity contribution in [3.05, 3.63) is 93.7 Å². The molecular formula is C28H23Cl2N5O2S. The number of hydrogen-bond donors (Lipinski definition) is 2. The van der Waals surface area contributed by atoms with Crippen molar-refractivity contribution in [1.29, 1.82) is 0 Å². The van der Waals surface area contributed by atoms with Crippen molar-refractivity contribution in [2.75, 3.05) is 5.32 Å². The molecule has 7 nitrogen and oxygen atoms in total. The lowest BCUT2D eigenvalue weighted by atomic mass is 10.0. The van der Waals surface area contributed by atoms with Crippen molar-refractivity contribution in [2.24, 2.45) is 0 Å². The summed E-state index contributed by atoms with van der Waals surface area (Å²) in [6.45, 7) is 6.24. The van der Waals surface area contributed by atoms with Gasteiger partial charge in [-0.25, -0.2) is 0 Å². The molecule has 10 heteroatoms. The minimum Gasteiger partial charge on any atom is -0.451 e. The van der Waals surface area contributed by atoms with Crippen LogP contribution >= 0.6 is 35.4 Å². The summed E-state index contributed by atoms with van der Waals surface area (Å²) in [5.41, 5.74) is 5.83. The summed E-state index contributed by atoms with van der Waals surface area (Å²) in [7, 11) is 0. The highest BCUT2D eigenvalue weighted by atomic mass is 35.5. The van der Waals surface area contributed by atoms with Gasteiger partial charge in [-0.15, -0.1) is 10.2 Å². The number of nitrogens with one attached hydrogen (secondary N) is 2. The number of thiocarbonyl (C=S) groups is 1. The van der Waals surface area contributed by atoms with E-state index in [0.717, 1.165) is 16.8 Å². The van der Waals surface area contributed by atoms with Gasteiger partial charge in [-0.05, 0) is 90.8 Å². The van der Waals surface area contributed by atoms with Gasteiger partial charge in [0.05, 0.1) is 5.69 Å². The number of carbonyl (C=O) groups is 1. The number of nitrogens with zero attached hydrogens (tertiary/aromatic N) is 3. The molecule has 2 N–H and O–H groups in total. The molecule has 0 aliphatic heterocycles. The Kier molecular flexibility index (Phi) is 7.21. The zero-order valence-corrected chi connectivity index (χ0v) is 23.1. The number of hydrogen-bond acceptors (Lipinski definition) is 5. The van der Waals surface area contributed by atoms with Crippen molar-refractivity contribution in [2.45, 2.75) is 26.7 Å². The third kappa shape index (κ3) is 5.57. The van der Waals surface area contributed by atoms with Crippen molar-refractivity contribution in [3.63, 3.8) is 0 Å². The molecule has 0 fully saturated rings. The number of amides is 1. The Morgan fingerprint density at radius 3 is 2.26 bits per heavy atom. The van der Waals surface area contributed by atoms with E-state index in [1.165, 1.54) is 5.56 Å². The summed E-state index contributed by atoms with van der Waals surface area (Å²) in [4.78, 5) is 14.3. The lowest BCUT2D eigenvalue weighted by molar-refractivity contribution is 0.0951. The molecular weight excluding hydrogens is 541 g/mol. The second-order valence-electron chi connectivity index (χ2n) is 9.12. The van der Waals surface area contributed by atoms with Gasteiger partial charge in [0.1, 0.15) is 16.8 Å². The molecule has 0 unspecified atom stereocenters. The average Bonchev–Trinajstić information content (AvgIpc) is 3.51. The zero-order chi connectivity index (χ0) is 27.0. The predicted octanol–water partition coefficient (Wildman–Crippen LogP) is 7.55. The van der Waals surface area contributed by atoms with Gasteiger partial charge >= 0.3 is 0 Å². The number of furan rings is 1. The van der Waals surface area contributed by atoms with E-state index < -0.39 is 5.91 Å². The molecule has 5 rings (SSSR count). The van der Waals surface area contributed by atoms with Gasteiger partial charge < -0.3 is 9.73 Å². The van der Waals surface area contributed by atoms with Crippen LogP contribution in [0, 0.1) is 6.92 Å². The number of anilines is 1. The SMILES string of the molecule is Cc1cc2nn(-c3ccc(C(C)C)cc3)nc2cc1NC(=S)NC(=O)c1ccc(-c2cc(Cl)cc(Cl)c2)o1. The van der Waals surface area contributed by atoms with E-state index in [2.05, 4.69) is 46.8 Å². The molecule has 38 heavy (non-hydrogen) atoms. The average molecular weight is 564 g/mol. The minimum absolute atomic E-state index is 0.0962. The first-order valence-electron chi connectivity index (χ1n) is 11.8. The lowest BCUT2D eigenvalue weighted by Crippen LogP contribution is -2.34. The Bertz CT molecular complexity index is 1650. The molecule has 0 bridgehead atoms. The van der Waals surface area contributed by atoms with Crippen molar-refractivity contribution in [3.8, 4) is 17.0 Å². The van der Waals surface area contributed by atoms with Crippen LogP contribution in [0.25, 0.3) is 28.0 Å². The molecule has 0 radical (unpaired) electrons. The zero-order valence-electron chi connectivity index (χ0n) is 20.8. The van der Waals surface area contributed by atoms with Gasteiger partial charge in [-0.2, -0.15) is 4.80 Å². The Labute approximate surface area is 234 Å². The summed E-state index contributed by atoms with van der Waals surface area (Å²) >= 11 is 17.5. The molecule has 5 aromatic rings. The number of carbonyl (C=O) groups excluding carboxylic acids is 1. The molecule has 2 heterocycles. The molecule has 0 spiro atoms. The van der Waals surface area contributed by atoms with E-state index in [0.29, 0.717) is 38.5 Å². The fourth-order valence-electron chi connectivity index (χ4n) is 3.94. The lowest BCUT2D eigenvalue weighted by Gasteiger charge is -2.11. The first-order valence-corrected chi connectivity index (χ1v) is 13.0. The maximum atomic E-state index is 12.7. The first kappa shape index (κ1) is 25.9. The number of rotatable bonds is 5. The molecule has 1 amide bonds. The third-order valence-corrected chi connectivity index (χ3v) is 6.61. The second-order valence-corrected chi connectivity index (χ2v) is 10.4. The Morgan fingerprint density at radius 2 is 1.61 bits per heavy atom. The predicted molar refractivity (Wildman–Crippen MR) is 156 cm³/mol. The summed E-state index contributed by atoms with van der Waals surface area (Å²) in [5.74, 6) is 0.517. The van der Waals surface area contributed by atoms with Gasteiger partial charge in [-0.3, -0.25) is 10.1 Å². The Balaban J connectivity index is 1.29. The maximum absolute atomic E-state index is 12.7. The summed E-state index contributed by atoms with van der Waals surface area (Å²) in [6.07, 6.45) is 0. The van der Waals surface area contributed by atoms with E-state index in [-0.39, 0.29) is 10.9 Å². The Hall–Kier alpha value is -3.72. The van der Waals surface area contributed by atoms with Crippen LogP contribution in [0.3, 0.4) is 0 Å². The monoisotopic (exact) mass is 563 g/mol. The van der Waals surface area contributed by atoms with Crippen LogP contribution in [0.1, 0.15) is 41.4 Å². The largest absolute Gasteiger partial charge is 0.451 e. The van der Waals surface area contributed by atoms with Crippen molar-refractivity contribution in [1.82, 2.24) is 20.3 Å². The van der Waals surface area contributed by atoms with Crippen LogP contribution in [-0.2, 0) is 0 Å². The van der Waals surface area contributed by atoms with E-state index in [1.807, 2.05) is 31.2 Å². The normalized spacial score (nSPS) is 11.2. The summed E-state index contributed by atoms with van der Waals surface area (Å²) < 4.78 is 5.70. The van der Waals surface area contributed by atoms with E-state index in [9.17, 15) is 4.79 Å². The molecule has 0 aliphatic carbocycles. The Morgan fingerprint density at radius 1 is 0.947 bits per heavy atom. The van der Waals surface area contributed by atoms with Crippen LogP contribution < -0.4 is 10.6 Å². The molecule has 0 aliphatic rings. The van der Waals surface area contributed by atoms with E-state index >= 15 is 0 Å². The van der Waals surface area contributed by atoms with Crippen molar-refractivity contribution < 1.29 is 9.21 Å². The smallest absolute Gasteiger partial charge is 0.293 e. The minimum atomic E-state index is -0.489. The number of aryl methyl sites for hydroxylation is 1. The fourth-order valence-corrected chi connectivity index (χ4v) is 4.67. The molecule has 192 valence electrons. The highest BCUT2D eigenvalue weighted by Gasteiger charge is 2.16. The maximum Gasteiger partial charge on any atom is 0.293 e. The van der Waals surface area contributed by atoms with Gasteiger partial charge in [0.25, 0.3) is 5.91 Å². The van der Waals surface area contributed by atoms with Crippen LogP contribution in [0.15, 0.2) is 71.1 Å². The molecule has 0 saturated heterocycles. The highest BCUT2D eigenvalue weighted by Crippen LogP contribution is 2.29. The third-order valence-electron chi connectivity index (χ3n) is 5.97. The highest BCUT2D eigenvalue weighted by molar-refractivity contribution is 7.80. The van der Waals surface area contributed by atoms with Gasteiger partial charge in [0.2, 0.25) is 0 Å². The van der Waals surface area contributed by atoms with Gasteiger partial charge in [0.15, 0.2) is 10.9 Å². The summed E-state index contributed by atoms with van der Waals surface area (Å²) in [6, 6.07) is 20.2. The van der Waals surface area contributed by atoms with Crippen molar-refractivity contribution >= 4 is 63.2 Å².